The molecule has 0 radical (unpaired) electrons. The lowest BCUT2D eigenvalue weighted by Crippen LogP contribution is -2.53. The van der Waals surface area contributed by atoms with E-state index in [1.807, 2.05) is 48.5 Å². The number of hydrogen-bond donors (Lipinski definition) is 2. The number of urea groups is 1. The van der Waals surface area contributed by atoms with E-state index in [-0.39, 0.29) is 23.2 Å². The fourth-order valence-electron chi connectivity index (χ4n) is 4.55. The highest BCUT2D eigenvalue weighted by Crippen LogP contribution is 2.25. The lowest BCUT2D eigenvalue weighted by Gasteiger charge is -2.27. The topological polar surface area (TPSA) is 105 Å². The van der Waals surface area contributed by atoms with E-state index in [2.05, 4.69) is 10.6 Å². The van der Waals surface area contributed by atoms with Gasteiger partial charge in [0.25, 0.3) is 17.4 Å². The zero-order valence-corrected chi connectivity index (χ0v) is 20.3. The number of hydrogen-bond acceptors (Lipinski definition) is 4. The van der Waals surface area contributed by atoms with Crippen LogP contribution in [0, 0.1) is 6.92 Å². The van der Waals surface area contributed by atoms with Gasteiger partial charge in [0.15, 0.2) is 0 Å². The third-order valence-corrected chi connectivity index (χ3v) is 6.50. The predicted octanol–water partition coefficient (Wildman–Crippen LogP) is 3.47. The van der Waals surface area contributed by atoms with Gasteiger partial charge in [-0.05, 0) is 36.8 Å². The molecule has 9 heteroatoms. The first-order chi connectivity index (χ1) is 17.9. The molecule has 1 aromatic heterocycles. The average molecular weight is 496 g/mol. The summed E-state index contributed by atoms with van der Waals surface area (Å²) in [5.41, 5.74) is 2.30. The van der Waals surface area contributed by atoms with E-state index < -0.39 is 29.6 Å². The molecule has 2 N–H and O–H groups in total. The van der Waals surface area contributed by atoms with Crippen molar-refractivity contribution in [1.29, 1.82) is 0 Å². The van der Waals surface area contributed by atoms with Crippen molar-refractivity contribution < 1.29 is 14.4 Å². The molecule has 9 nitrogen and oxygen atoms in total. The molecule has 1 unspecified atom stereocenters. The van der Waals surface area contributed by atoms with Crippen LogP contribution in [0.4, 0.5) is 10.5 Å². The minimum absolute atomic E-state index is 0.102. The molecule has 0 aliphatic carbocycles. The number of nitrogens with zero attached hydrogens (tertiary/aromatic N) is 3. The molecule has 0 bridgehead atoms. The molecule has 0 saturated carbocycles. The van der Waals surface area contributed by atoms with Crippen LogP contribution in [0.1, 0.15) is 32.0 Å². The summed E-state index contributed by atoms with van der Waals surface area (Å²) in [5, 5.41) is 5.40. The van der Waals surface area contributed by atoms with Gasteiger partial charge in [-0.25, -0.2) is 9.48 Å². The summed E-state index contributed by atoms with van der Waals surface area (Å²) in [6.07, 6.45) is -0.781. The molecule has 5 rings (SSSR count). The van der Waals surface area contributed by atoms with E-state index in [0.29, 0.717) is 11.4 Å². The summed E-state index contributed by atoms with van der Waals surface area (Å²) in [5.74, 6) is -0.965. The number of imide groups is 1. The third-order valence-electron chi connectivity index (χ3n) is 6.50. The van der Waals surface area contributed by atoms with Gasteiger partial charge in [0.05, 0.1) is 22.5 Å². The Morgan fingerprint density at radius 3 is 1.95 bits per heavy atom. The highest BCUT2D eigenvalue weighted by Gasteiger charge is 2.40. The average Bonchev–Trinajstić information content (AvgIpc) is 3.28. The molecule has 3 aromatic carbocycles. The van der Waals surface area contributed by atoms with Crippen LogP contribution in [0.3, 0.4) is 0 Å². The third kappa shape index (κ3) is 4.31. The number of rotatable bonds is 6. The highest BCUT2D eigenvalue weighted by molar-refractivity contribution is 6.21. The predicted molar refractivity (Wildman–Crippen MR) is 139 cm³/mol. The molecule has 37 heavy (non-hydrogen) atoms. The quantitative estimate of drug-likeness (QED) is 0.400. The number of para-hydroxylation sites is 1. The summed E-state index contributed by atoms with van der Waals surface area (Å²) < 4.78 is 3.11. The fourth-order valence-corrected chi connectivity index (χ4v) is 4.55. The summed E-state index contributed by atoms with van der Waals surface area (Å²) in [6.45, 7) is 1.72. The first-order valence-corrected chi connectivity index (χ1v) is 11.8. The molecule has 0 spiro atoms. The van der Waals surface area contributed by atoms with Gasteiger partial charge in [-0.15, -0.1) is 0 Å². The minimum Gasteiger partial charge on any atom is -0.317 e. The van der Waals surface area contributed by atoms with E-state index in [4.69, 9.17) is 0 Å². The van der Waals surface area contributed by atoms with Crippen molar-refractivity contribution in [2.45, 2.75) is 19.5 Å². The van der Waals surface area contributed by atoms with E-state index in [9.17, 15) is 19.2 Å². The number of aromatic nitrogens is 2. The minimum atomic E-state index is -0.977. The Morgan fingerprint density at radius 1 is 0.811 bits per heavy atom. The maximum Gasteiger partial charge on any atom is 0.321 e. The Bertz CT molecular complexity index is 1520. The van der Waals surface area contributed by atoms with Gasteiger partial charge in [0.1, 0.15) is 11.9 Å². The smallest absolute Gasteiger partial charge is 0.317 e. The number of carbonyl (C=O) groups is 3. The second kappa shape index (κ2) is 9.62. The molecule has 1 aliphatic heterocycles. The Labute approximate surface area is 212 Å². The fraction of sp³-hybridized carbons (Fsp3) is 0.143. The summed E-state index contributed by atoms with van der Waals surface area (Å²) in [4.78, 5) is 53.8. The Kier molecular flexibility index (Phi) is 6.19. The zero-order chi connectivity index (χ0) is 26.1. The maximum absolute atomic E-state index is 13.2. The van der Waals surface area contributed by atoms with Crippen molar-refractivity contribution in [2.24, 2.45) is 7.05 Å². The highest BCUT2D eigenvalue weighted by atomic mass is 16.2. The van der Waals surface area contributed by atoms with Gasteiger partial charge >= 0.3 is 6.03 Å². The van der Waals surface area contributed by atoms with Gasteiger partial charge in [-0.3, -0.25) is 24.0 Å². The molecular weight excluding hydrogens is 470 g/mol. The molecule has 1 atom stereocenters. The van der Waals surface area contributed by atoms with Crippen molar-refractivity contribution in [3.63, 3.8) is 0 Å². The van der Waals surface area contributed by atoms with E-state index >= 15 is 0 Å². The molecule has 2 heterocycles. The molecular formula is C28H25N5O4. The second-order valence-electron chi connectivity index (χ2n) is 8.77. The molecule has 4 aromatic rings. The van der Waals surface area contributed by atoms with Gasteiger partial charge in [-0.1, -0.05) is 60.7 Å². The Balaban J connectivity index is 1.44. The number of amides is 4. The summed E-state index contributed by atoms with van der Waals surface area (Å²) >= 11 is 0. The van der Waals surface area contributed by atoms with E-state index in [1.54, 1.807) is 55.1 Å². The van der Waals surface area contributed by atoms with Crippen molar-refractivity contribution >= 4 is 23.5 Å². The van der Waals surface area contributed by atoms with Crippen LogP contribution in [-0.2, 0) is 13.5 Å². The first-order valence-electron chi connectivity index (χ1n) is 11.8. The number of benzene rings is 3. The van der Waals surface area contributed by atoms with Gasteiger partial charge in [0, 0.05) is 13.5 Å². The van der Waals surface area contributed by atoms with E-state index in [0.717, 1.165) is 10.5 Å². The SMILES string of the molecule is Cc1c(NC(=O)NC(Cc2ccccc2)N2C(=O)c3ccccc3C2=O)c(=O)n(-c2ccccc2)n1C. The molecule has 1 aliphatic rings. The lowest BCUT2D eigenvalue weighted by atomic mass is 10.1. The maximum atomic E-state index is 13.2. The van der Waals surface area contributed by atoms with Crippen molar-refractivity contribution in [1.82, 2.24) is 19.6 Å². The first kappa shape index (κ1) is 23.8. The second-order valence-corrected chi connectivity index (χ2v) is 8.77. The standard InChI is InChI=1S/C28H25N5O4/c1-18-24(27(36)33(31(18)2)20-13-7-4-8-14-20)30-28(37)29-23(17-19-11-5-3-6-12-19)32-25(34)21-15-9-10-16-22(21)26(32)35/h3-16,23H,17H2,1-2H3,(H2,29,30,37). The van der Waals surface area contributed by atoms with Crippen LogP contribution in [0.2, 0.25) is 0 Å². The number of fused-ring (bicyclic) bond motifs is 1. The number of nitrogens with one attached hydrogen (secondary N) is 2. The monoisotopic (exact) mass is 495 g/mol. The number of carbonyl (C=O) groups excluding carboxylic acids is 3. The Morgan fingerprint density at radius 2 is 1.35 bits per heavy atom. The van der Waals surface area contributed by atoms with Crippen LogP contribution in [0.5, 0.6) is 0 Å². The van der Waals surface area contributed by atoms with Crippen LogP contribution in [0.25, 0.3) is 5.69 Å². The molecule has 186 valence electrons. The van der Waals surface area contributed by atoms with E-state index in [1.165, 1.54) is 4.68 Å². The normalized spacial score (nSPS) is 13.4. The van der Waals surface area contributed by atoms with Gasteiger partial charge in [-0.2, -0.15) is 0 Å². The Hall–Kier alpha value is -4.92. The molecule has 0 fully saturated rings. The van der Waals surface area contributed by atoms with Gasteiger partial charge < -0.3 is 10.6 Å². The van der Waals surface area contributed by atoms with Crippen molar-refractivity contribution in [3.8, 4) is 5.69 Å². The van der Waals surface area contributed by atoms with Crippen LogP contribution in [0.15, 0.2) is 89.7 Å². The van der Waals surface area contributed by atoms with Crippen molar-refractivity contribution in [2.75, 3.05) is 5.32 Å². The molecule has 4 amide bonds. The lowest BCUT2D eigenvalue weighted by molar-refractivity contribution is 0.0565. The zero-order valence-electron chi connectivity index (χ0n) is 20.3. The van der Waals surface area contributed by atoms with Crippen LogP contribution < -0.4 is 16.2 Å². The van der Waals surface area contributed by atoms with Crippen LogP contribution >= 0.6 is 0 Å². The van der Waals surface area contributed by atoms with Gasteiger partial charge in [0.2, 0.25) is 0 Å². The number of anilines is 1. The van der Waals surface area contributed by atoms with Crippen LogP contribution in [-0.4, -0.2) is 38.3 Å². The van der Waals surface area contributed by atoms with Crippen molar-refractivity contribution in [3.05, 3.63) is 118 Å². The summed E-state index contributed by atoms with van der Waals surface area (Å²) in [6, 6.07) is 24.2. The summed E-state index contributed by atoms with van der Waals surface area (Å²) in [7, 11) is 1.73. The largest absolute Gasteiger partial charge is 0.321 e. The molecule has 0 saturated heterocycles.